The number of rotatable bonds is 4. The highest BCUT2D eigenvalue weighted by Gasteiger charge is 2.72. The van der Waals surface area contributed by atoms with Gasteiger partial charge in [-0.2, -0.15) is 26.3 Å². The van der Waals surface area contributed by atoms with Crippen molar-refractivity contribution in [2.24, 2.45) is 0 Å². The number of hydrogen-bond acceptors (Lipinski definition) is 3. The number of carbonyl (C=O) groups is 2. The molecule has 0 bridgehead atoms. The average Bonchev–Trinajstić information content (AvgIpc) is 2.83. The summed E-state index contributed by atoms with van der Waals surface area (Å²) in [6.45, 7) is 3.87. The van der Waals surface area contributed by atoms with Gasteiger partial charge in [0.1, 0.15) is 6.61 Å². The lowest BCUT2D eigenvalue weighted by molar-refractivity contribution is -0.343. The molecule has 2 rings (SSSR count). The molecular weight excluding hydrogens is 401 g/mol. The Hall–Kier alpha value is -1.75. The molecule has 0 saturated carbocycles. The number of amides is 2. The van der Waals surface area contributed by atoms with E-state index in [-0.39, 0.29) is 25.7 Å². The van der Waals surface area contributed by atoms with Crippen molar-refractivity contribution in [1.29, 1.82) is 0 Å². The highest BCUT2D eigenvalue weighted by molar-refractivity contribution is 5.76. The number of piperidine rings is 1. The SMILES string of the molecule is CC1(C)COC(=O)N1C1CCN(C(=O)CCC(F)(C(F)(F)F)C(F)(F)F)CC1. The number of nitrogens with zero attached hydrogens (tertiary/aromatic N) is 2. The fraction of sp³-hybridized carbons (Fsp3) is 0.875. The van der Waals surface area contributed by atoms with Crippen molar-refractivity contribution in [3.05, 3.63) is 0 Å². The van der Waals surface area contributed by atoms with E-state index in [0.29, 0.717) is 12.8 Å². The average molecular weight is 422 g/mol. The highest BCUT2D eigenvalue weighted by atomic mass is 19.4. The molecule has 2 aliphatic rings. The van der Waals surface area contributed by atoms with Crippen LogP contribution in [0, 0.1) is 0 Å². The van der Waals surface area contributed by atoms with Crippen LogP contribution >= 0.6 is 0 Å². The Bertz CT molecular complexity index is 596. The van der Waals surface area contributed by atoms with Gasteiger partial charge in [0.15, 0.2) is 0 Å². The quantitative estimate of drug-likeness (QED) is 0.648. The van der Waals surface area contributed by atoms with E-state index < -0.39 is 48.4 Å². The van der Waals surface area contributed by atoms with Crippen molar-refractivity contribution in [3.8, 4) is 0 Å². The Balaban J connectivity index is 1.94. The number of ether oxygens (including phenoxy) is 1. The number of cyclic esters (lactones) is 1. The first kappa shape index (κ1) is 22.5. The van der Waals surface area contributed by atoms with E-state index in [9.17, 15) is 40.3 Å². The zero-order valence-electron chi connectivity index (χ0n) is 15.3. The van der Waals surface area contributed by atoms with Gasteiger partial charge >= 0.3 is 18.4 Å². The minimum absolute atomic E-state index is 0.0423. The molecule has 2 saturated heterocycles. The summed E-state index contributed by atoms with van der Waals surface area (Å²) in [6, 6.07) is -0.264. The maximum absolute atomic E-state index is 13.6. The summed E-state index contributed by atoms with van der Waals surface area (Å²) in [6.07, 6.45) is -15.5. The third-order valence-corrected chi connectivity index (χ3v) is 5.16. The molecule has 0 aromatic rings. The monoisotopic (exact) mass is 422 g/mol. The van der Waals surface area contributed by atoms with Crippen LogP contribution in [0.1, 0.15) is 39.5 Å². The molecule has 0 aliphatic carbocycles. The molecule has 2 aliphatic heterocycles. The zero-order valence-corrected chi connectivity index (χ0v) is 15.3. The summed E-state index contributed by atoms with van der Waals surface area (Å²) in [5.74, 6) is -0.989. The Labute approximate surface area is 156 Å². The van der Waals surface area contributed by atoms with Crippen LogP contribution in [0.4, 0.5) is 35.5 Å². The van der Waals surface area contributed by atoms with Crippen molar-refractivity contribution >= 4 is 12.0 Å². The van der Waals surface area contributed by atoms with Gasteiger partial charge in [0, 0.05) is 32.0 Å². The summed E-state index contributed by atoms with van der Waals surface area (Å²) >= 11 is 0. The maximum atomic E-state index is 13.6. The van der Waals surface area contributed by atoms with Gasteiger partial charge in [-0.05, 0) is 26.7 Å². The van der Waals surface area contributed by atoms with Crippen LogP contribution in [0.5, 0.6) is 0 Å². The van der Waals surface area contributed by atoms with Crippen LogP contribution in [0.15, 0.2) is 0 Å². The molecule has 0 atom stereocenters. The maximum Gasteiger partial charge on any atom is 0.431 e. The lowest BCUT2D eigenvalue weighted by Gasteiger charge is -2.40. The van der Waals surface area contributed by atoms with Crippen molar-refractivity contribution < 1.29 is 45.1 Å². The van der Waals surface area contributed by atoms with Crippen LogP contribution in [-0.4, -0.2) is 71.1 Å². The standard InChI is InChI=1S/C16H21F7N2O3/c1-13(2)9-28-12(27)25(13)10-4-7-24(8-5-10)11(26)3-6-14(17,15(18,19)20)16(21,22)23/h10H,3-9H2,1-2H3. The van der Waals surface area contributed by atoms with Crippen molar-refractivity contribution in [2.45, 2.75) is 69.1 Å². The minimum atomic E-state index is -6.17. The van der Waals surface area contributed by atoms with Gasteiger partial charge < -0.3 is 9.64 Å². The molecule has 2 amide bonds. The van der Waals surface area contributed by atoms with Crippen LogP contribution < -0.4 is 0 Å². The van der Waals surface area contributed by atoms with Crippen LogP contribution in [0.25, 0.3) is 0 Å². The summed E-state index contributed by atoms with van der Waals surface area (Å²) < 4.78 is 94.0. The summed E-state index contributed by atoms with van der Waals surface area (Å²) in [5.41, 5.74) is -5.99. The third kappa shape index (κ3) is 4.14. The fourth-order valence-corrected chi connectivity index (χ4v) is 3.52. The Morgan fingerprint density at radius 2 is 1.57 bits per heavy atom. The van der Waals surface area contributed by atoms with Crippen molar-refractivity contribution in [3.63, 3.8) is 0 Å². The molecule has 2 heterocycles. The van der Waals surface area contributed by atoms with Gasteiger partial charge in [0.05, 0.1) is 5.54 Å². The van der Waals surface area contributed by atoms with Crippen LogP contribution in [0.2, 0.25) is 0 Å². The Kier molecular flexibility index (Phi) is 5.84. The second-order valence-corrected chi connectivity index (χ2v) is 7.65. The topological polar surface area (TPSA) is 49.9 Å². The molecule has 2 fully saturated rings. The minimum Gasteiger partial charge on any atom is -0.447 e. The molecule has 0 N–H and O–H groups in total. The van der Waals surface area contributed by atoms with E-state index in [0.717, 1.165) is 4.90 Å². The molecule has 5 nitrogen and oxygen atoms in total. The summed E-state index contributed by atoms with van der Waals surface area (Å²) in [5, 5.41) is 0. The second kappa shape index (κ2) is 7.25. The van der Waals surface area contributed by atoms with E-state index >= 15 is 0 Å². The lowest BCUT2D eigenvalue weighted by Crippen LogP contribution is -2.55. The number of alkyl halides is 7. The van der Waals surface area contributed by atoms with E-state index in [1.165, 1.54) is 4.90 Å². The molecule has 0 aromatic heterocycles. The highest BCUT2D eigenvalue weighted by Crippen LogP contribution is 2.49. The predicted octanol–water partition coefficient (Wildman–Crippen LogP) is 3.82. The summed E-state index contributed by atoms with van der Waals surface area (Å²) in [7, 11) is 0. The van der Waals surface area contributed by atoms with E-state index in [4.69, 9.17) is 4.74 Å². The second-order valence-electron chi connectivity index (χ2n) is 7.65. The number of carbonyl (C=O) groups excluding carboxylic acids is 2. The van der Waals surface area contributed by atoms with Gasteiger partial charge in [0.2, 0.25) is 5.91 Å². The van der Waals surface area contributed by atoms with Crippen LogP contribution in [0.3, 0.4) is 0 Å². The summed E-state index contributed by atoms with van der Waals surface area (Å²) in [4.78, 5) is 26.5. The number of likely N-dealkylation sites (tertiary alicyclic amines) is 1. The molecule has 0 radical (unpaired) electrons. The van der Waals surface area contributed by atoms with E-state index in [2.05, 4.69) is 0 Å². The third-order valence-electron chi connectivity index (χ3n) is 5.16. The first-order valence-electron chi connectivity index (χ1n) is 8.66. The smallest absolute Gasteiger partial charge is 0.431 e. The number of halogens is 7. The molecule has 12 heteroatoms. The van der Waals surface area contributed by atoms with E-state index in [1.807, 2.05) is 0 Å². The van der Waals surface area contributed by atoms with Crippen molar-refractivity contribution in [1.82, 2.24) is 9.80 Å². The Morgan fingerprint density at radius 3 is 1.96 bits per heavy atom. The molecule has 0 spiro atoms. The van der Waals surface area contributed by atoms with Gasteiger partial charge in [-0.1, -0.05) is 0 Å². The molecular formula is C16H21F7N2O3. The largest absolute Gasteiger partial charge is 0.447 e. The molecule has 0 unspecified atom stereocenters. The first-order chi connectivity index (χ1) is 12.6. The zero-order chi connectivity index (χ0) is 21.5. The molecule has 28 heavy (non-hydrogen) atoms. The van der Waals surface area contributed by atoms with E-state index in [1.54, 1.807) is 13.8 Å². The van der Waals surface area contributed by atoms with Crippen LogP contribution in [-0.2, 0) is 9.53 Å². The number of hydrogen-bond donors (Lipinski definition) is 0. The Morgan fingerprint density at radius 1 is 1.07 bits per heavy atom. The lowest BCUT2D eigenvalue weighted by atomic mass is 9.95. The van der Waals surface area contributed by atoms with Gasteiger partial charge in [0.25, 0.3) is 5.67 Å². The fourth-order valence-electron chi connectivity index (χ4n) is 3.52. The van der Waals surface area contributed by atoms with Crippen molar-refractivity contribution in [2.75, 3.05) is 19.7 Å². The molecule has 162 valence electrons. The first-order valence-corrected chi connectivity index (χ1v) is 8.66. The predicted molar refractivity (Wildman–Crippen MR) is 82.1 cm³/mol. The molecule has 0 aromatic carbocycles. The van der Waals surface area contributed by atoms with Gasteiger partial charge in [-0.15, -0.1) is 0 Å². The van der Waals surface area contributed by atoms with Gasteiger partial charge in [-0.3, -0.25) is 9.69 Å². The van der Waals surface area contributed by atoms with Gasteiger partial charge in [-0.25, -0.2) is 9.18 Å². The normalized spacial score (nSPS) is 21.8.